The molecule has 2 aromatic rings. The number of hydrogen-bond donors (Lipinski definition) is 0. The lowest BCUT2D eigenvalue weighted by Crippen LogP contribution is -1.95. The molecule has 0 aliphatic heterocycles. The topological polar surface area (TPSA) is 30.2 Å². The summed E-state index contributed by atoms with van der Waals surface area (Å²) in [5, 5.41) is 1.14. The van der Waals surface area contributed by atoms with Crippen LogP contribution in [0.2, 0.25) is 5.02 Å². The van der Waals surface area contributed by atoms with Gasteiger partial charge in [0.2, 0.25) is 0 Å². The standard InChI is InChI=1S/C9H4BrClO2/c10-5-1-2-8-6(3-5)7(11)4-9(12)13-8/h1-4H. The van der Waals surface area contributed by atoms with E-state index in [1.165, 1.54) is 6.07 Å². The van der Waals surface area contributed by atoms with Gasteiger partial charge in [0.1, 0.15) is 5.58 Å². The molecule has 4 heteroatoms. The molecule has 1 aromatic heterocycles. The molecule has 2 nitrogen and oxygen atoms in total. The number of benzene rings is 1. The maximum Gasteiger partial charge on any atom is 0.337 e. The van der Waals surface area contributed by atoms with E-state index in [1.54, 1.807) is 18.2 Å². The van der Waals surface area contributed by atoms with E-state index < -0.39 is 5.63 Å². The van der Waals surface area contributed by atoms with Gasteiger partial charge in [-0.2, -0.15) is 0 Å². The fraction of sp³-hybridized carbons (Fsp3) is 0. The van der Waals surface area contributed by atoms with Crippen molar-refractivity contribution < 1.29 is 4.42 Å². The molecule has 0 aliphatic carbocycles. The summed E-state index contributed by atoms with van der Waals surface area (Å²) in [5.74, 6) is 0. The third-order valence-corrected chi connectivity index (χ3v) is 2.46. The van der Waals surface area contributed by atoms with Crippen molar-refractivity contribution in [2.24, 2.45) is 0 Å². The molecule has 0 spiro atoms. The Morgan fingerprint density at radius 3 is 2.85 bits per heavy atom. The molecule has 0 N–H and O–H groups in total. The molecule has 13 heavy (non-hydrogen) atoms. The molecule has 0 amide bonds. The highest BCUT2D eigenvalue weighted by Crippen LogP contribution is 2.24. The van der Waals surface area contributed by atoms with E-state index in [1.807, 2.05) is 0 Å². The van der Waals surface area contributed by atoms with Crippen LogP contribution in [0.1, 0.15) is 0 Å². The highest BCUT2D eigenvalue weighted by Gasteiger charge is 2.02. The lowest BCUT2D eigenvalue weighted by atomic mass is 10.2. The minimum atomic E-state index is -0.431. The van der Waals surface area contributed by atoms with Crippen LogP contribution in [0, 0.1) is 0 Å². The lowest BCUT2D eigenvalue weighted by Gasteiger charge is -1.98. The van der Waals surface area contributed by atoms with Gasteiger partial charge in [-0.15, -0.1) is 0 Å². The Balaban J connectivity index is 2.95. The normalized spacial score (nSPS) is 10.6. The first-order chi connectivity index (χ1) is 6.16. The first-order valence-corrected chi connectivity index (χ1v) is 4.73. The van der Waals surface area contributed by atoms with Crippen LogP contribution in [0.3, 0.4) is 0 Å². The van der Waals surface area contributed by atoms with Gasteiger partial charge in [-0.05, 0) is 18.2 Å². The Morgan fingerprint density at radius 2 is 2.08 bits per heavy atom. The van der Waals surface area contributed by atoms with E-state index in [4.69, 9.17) is 16.0 Å². The molecule has 0 aliphatic rings. The quantitative estimate of drug-likeness (QED) is 0.680. The van der Waals surface area contributed by atoms with E-state index in [-0.39, 0.29) is 0 Å². The van der Waals surface area contributed by atoms with Crippen molar-refractivity contribution in [3.63, 3.8) is 0 Å². The summed E-state index contributed by atoms with van der Waals surface area (Å²) in [7, 11) is 0. The second-order valence-corrected chi connectivity index (χ2v) is 3.88. The molecule has 0 fully saturated rings. The van der Waals surface area contributed by atoms with Crippen LogP contribution in [-0.2, 0) is 0 Å². The second-order valence-electron chi connectivity index (χ2n) is 2.55. The predicted octanol–water partition coefficient (Wildman–Crippen LogP) is 3.21. The SMILES string of the molecule is O=c1cc(Cl)c2cc(Br)ccc2o1. The highest BCUT2D eigenvalue weighted by atomic mass is 79.9. The summed E-state index contributed by atoms with van der Waals surface area (Å²) in [4.78, 5) is 10.9. The molecule has 1 aromatic carbocycles. The summed E-state index contributed by atoms with van der Waals surface area (Å²) < 4.78 is 5.84. The zero-order valence-corrected chi connectivity index (χ0v) is 8.72. The average molecular weight is 259 g/mol. The maximum atomic E-state index is 10.9. The van der Waals surface area contributed by atoms with Gasteiger partial charge in [-0.1, -0.05) is 27.5 Å². The van der Waals surface area contributed by atoms with Crippen LogP contribution < -0.4 is 5.63 Å². The Kier molecular flexibility index (Phi) is 2.14. The van der Waals surface area contributed by atoms with E-state index in [2.05, 4.69) is 15.9 Å². The molecule has 0 saturated carbocycles. The largest absolute Gasteiger partial charge is 0.423 e. The van der Waals surface area contributed by atoms with Crippen LogP contribution in [-0.4, -0.2) is 0 Å². The van der Waals surface area contributed by atoms with Gasteiger partial charge in [-0.3, -0.25) is 0 Å². The maximum absolute atomic E-state index is 10.9. The lowest BCUT2D eigenvalue weighted by molar-refractivity contribution is 0.561. The van der Waals surface area contributed by atoms with E-state index >= 15 is 0 Å². The smallest absolute Gasteiger partial charge is 0.337 e. The number of halogens is 2. The van der Waals surface area contributed by atoms with Gasteiger partial charge < -0.3 is 4.42 Å². The molecular weight excluding hydrogens is 255 g/mol. The molecule has 66 valence electrons. The molecule has 0 bridgehead atoms. The van der Waals surface area contributed by atoms with E-state index in [0.29, 0.717) is 10.6 Å². The van der Waals surface area contributed by atoms with Crippen molar-refractivity contribution in [3.05, 3.63) is 44.2 Å². The average Bonchev–Trinajstić information content (AvgIpc) is 2.06. The van der Waals surface area contributed by atoms with Crippen molar-refractivity contribution in [1.82, 2.24) is 0 Å². The monoisotopic (exact) mass is 258 g/mol. The molecule has 0 unspecified atom stereocenters. The minimum absolute atomic E-state index is 0.410. The summed E-state index contributed by atoms with van der Waals surface area (Å²) in [6.07, 6.45) is 0. The third kappa shape index (κ3) is 1.62. The Labute approximate surface area is 87.3 Å². The first-order valence-electron chi connectivity index (χ1n) is 3.56. The molecule has 0 saturated heterocycles. The van der Waals surface area contributed by atoms with Crippen LogP contribution in [0.15, 0.2) is 37.9 Å². The fourth-order valence-electron chi connectivity index (χ4n) is 1.10. The fourth-order valence-corrected chi connectivity index (χ4v) is 1.69. The van der Waals surface area contributed by atoms with Gasteiger partial charge >= 0.3 is 5.63 Å². The van der Waals surface area contributed by atoms with Gasteiger partial charge in [-0.25, -0.2) is 4.79 Å². The molecule has 0 atom stereocenters. The molecule has 0 radical (unpaired) electrons. The van der Waals surface area contributed by atoms with Gasteiger partial charge in [0, 0.05) is 15.9 Å². The second kappa shape index (κ2) is 3.16. The minimum Gasteiger partial charge on any atom is -0.423 e. The number of hydrogen-bond acceptors (Lipinski definition) is 2. The van der Waals surface area contributed by atoms with Crippen LogP contribution >= 0.6 is 27.5 Å². The molecule has 2 rings (SSSR count). The van der Waals surface area contributed by atoms with E-state index in [0.717, 1.165) is 9.86 Å². The number of fused-ring (bicyclic) bond motifs is 1. The Hall–Kier alpha value is -0.800. The predicted molar refractivity (Wildman–Crippen MR) is 55.2 cm³/mol. The summed E-state index contributed by atoms with van der Waals surface area (Å²) in [5.41, 5.74) is 0.0699. The Bertz CT molecular complexity index is 518. The molecular formula is C9H4BrClO2. The van der Waals surface area contributed by atoms with Crippen molar-refractivity contribution in [3.8, 4) is 0 Å². The van der Waals surface area contributed by atoms with Crippen LogP contribution in [0.25, 0.3) is 11.0 Å². The first kappa shape index (κ1) is 8.78. The molecule has 1 heterocycles. The summed E-state index contributed by atoms with van der Waals surface area (Å²) in [6, 6.07) is 6.56. The van der Waals surface area contributed by atoms with Crippen molar-refractivity contribution in [2.75, 3.05) is 0 Å². The van der Waals surface area contributed by atoms with Crippen LogP contribution in [0.4, 0.5) is 0 Å². The third-order valence-electron chi connectivity index (χ3n) is 1.65. The van der Waals surface area contributed by atoms with Crippen LogP contribution in [0.5, 0.6) is 0 Å². The van der Waals surface area contributed by atoms with Gasteiger partial charge in [0.25, 0.3) is 0 Å². The van der Waals surface area contributed by atoms with Gasteiger partial charge in [0.05, 0.1) is 5.02 Å². The Morgan fingerprint density at radius 1 is 1.31 bits per heavy atom. The summed E-state index contributed by atoms with van der Waals surface area (Å²) in [6.45, 7) is 0. The summed E-state index contributed by atoms with van der Waals surface area (Å²) >= 11 is 9.16. The zero-order valence-electron chi connectivity index (χ0n) is 6.38. The van der Waals surface area contributed by atoms with Crippen molar-refractivity contribution >= 4 is 38.5 Å². The highest BCUT2D eigenvalue weighted by molar-refractivity contribution is 9.10. The zero-order chi connectivity index (χ0) is 9.42. The van der Waals surface area contributed by atoms with E-state index in [9.17, 15) is 4.79 Å². The van der Waals surface area contributed by atoms with Crippen molar-refractivity contribution in [1.29, 1.82) is 0 Å². The van der Waals surface area contributed by atoms with Gasteiger partial charge in [0.15, 0.2) is 0 Å². The number of rotatable bonds is 0. The van der Waals surface area contributed by atoms with Crippen molar-refractivity contribution in [2.45, 2.75) is 0 Å².